The molecule has 0 aliphatic carbocycles. The minimum Gasteiger partial charge on any atom is -0.487 e. The first-order valence-electron chi connectivity index (χ1n) is 5.49. The number of nitrogens with one attached hydrogen (secondary N) is 1. The number of hydrogen-bond donors (Lipinski definition) is 1. The monoisotopic (exact) mass is 301 g/mol. The Morgan fingerprint density at radius 3 is 2.67 bits per heavy atom. The topological polar surface area (TPSA) is 21.3 Å². The van der Waals surface area contributed by atoms with Crippen molar-refractivity contribution in [2.75, 3.05) is 7.05 Å². The van der Waals surface area contributed by atoms with Crippen LogP contribution in [0.2, 0.25) is 9.36 Å². The Hall–Kier alpha value is -0.740. The molecule has 1 N–H and O–H groups in total. The molecule has 1 aromatic heterocycles. The summed E-state index contributed by atoms with van der Waals surface area (Å²) < 4.78 is 6.44. The second-order valence-corrected chi connectivity index (χ2v) is 6.00. The Labute approximate surface area is 120 Å². The number of rotatable bonds is 5. The van der Waals surface area contributed by atoms with Crippen LogP contribution in [0.25, 0.3) is 0 Å². The molecular formula is C13H13Cl2NOS. The van der Waals surface area contributed by atoms with E-state index < -0.39 is 0 Å². The fraction of sp³-hybridized carbons (Fsp3) is 0.231. The van der Waals surface area contributed by atoms with Gasteiger partial charge in [0.2, 0.25) is 0 Å². The summed E-state index contributed by atoms with van der Waals surface area (Å²) in [5.74, 6) is 0.695. The summed E-state index contributed by atoms with van der Waals surface area (Å²) in [6.07, 6.45) is 0. The van der Waals surface area contributed by atoms with Crippen LogP contribution in [0.15, 0.2) is 30.3 Å². The number of halogens is 2. The molecule has 1 heterocycles. The first-order valence-corrected chi connectivity index (χ1v) is 7.06. The van der Waals surface area contributed by atoms with E-state index in [0.29, 0.717) is 17.4 Å². The highest BCUT2D eigenvalue weighted by Gasteiger charge is 2.04. The predicted octanol–water partition coefficient (Wildman–Crippen LogP) is 4.35. The lowest BCUT2D eigenvalue weighted by molar-refractivity contribution is 0.310. The van der Waals surface area contributed by atoms with Crippen molar-refractivity contribution in [3.8, 4) is 5.75 Å². The van der Waals surface area contributed by atoms with Crippen molar-refractivity contribution >= 4 is 34.5 Å². The van der Waals surface area contributed by atoms with Gasteiger partial charge in [-0.3, -0.25) is 0 Å². The van der Waals surface area contributed by atoms with Crippen LogP contribution in [0.5, 0.6) is 5.75 Å². The van der Waals surface area contributed by atoms with Crippen LogP contribution in [-0.4, -0.2) is 7.05 Å². The number of benzene rings is 1. The minimum absolute atomic E-state index is 0.489. The van der Waals surface area contributed by atoms with Gasteiger partial charge in [-0.25, -0.2) is 0 Å². The van der Waals surface area contributed by atoms with E-state index in [9.17, 15) is 0 Å². The van der Waals surface area contributed by atoms with Crippen LogP contribution in [0.4, 0.5) is 0 Å². The summed E-state index contributed by atoms with van der Waals surface area (Å²) >= 11 is 13.5. The van der Waals surface area contributed by atoms with Gasteiger partial charge in [-0.1, -0.05) is 29.3 Å². The highest BCUT2D eigenvalue weighted by molar-refractivity contribution is 7.16. The molecule has 5 heteroatoms. The average molecular weight is 302 g/mol. The predicted molar refractivity (Wildman–Crippen MR) is 77.9 cm³/mol. The third-order valence-corrected chi connectivity index (χ3v) is 3.88. The Kier molecular flexibility index (Phi) is 4.89. The maximum absolute atomic E-state index is 6.16. The van der Waals surface area contributed by atoms with E-state index in [-0.39, 0.29) is 0 Å². The van der Waals surface area contributed by atoms with Gasteiger partial charge in [0.25, 0.3) is 0 Å². The molecule has 2 aromatic rings. The van der Waals surface area contributed by atoms with Gasteiger partial charge in [-0.2, -0.15) is 0 Å². The highest BCUT2D eigenvalue weighted by atomic mass is 35.5. The van der Waals surface area contributed by atoms with Crippen LogP contribution in [0.1, 0.15) is 10.4 Å². The standard InChI is InChI=1S/C13H13Cl2NOS/c1-16-7-9-2-4-12(11(14)6-9)17-8-10-3-5-13(15)18-10/h2-6,16H,7-8H2,1H3. The third-order valence-electron chi connectivity index (χ3n) is 2.38. The molecule has 0 radical (unpaired) electrons. The Bertz CT molecular complexity index is 527. The fourth-order valence-corrected chi connectivity index (χ4v) is 2.81. The molecule has 0 amide bonds. The molecule has 2 nitrogen and oxygen atoms in total. The molecule has 96 valence electrons. The van der Waals surface area contributed by atoms with Gasteiger partial charge in [0, 0.05) is 11.4 Å². The first-order chi connectivity index (χ1) is 8.69. The van der Waals surface area contributed by atoms with Crippen molar-refractivity contribution in [1.82, 2.24) is 5.32 Å². The van der Waals surface area contributed by atoms with Gasteiger partial charge in [0.15, 0.2) is 0 Å². The number of ether oxygens (including phenoxy) is 1. The van der Waals surface area contributed by atoms with Crippen LogP contribution in [-0.2, 0) is 13.2 Å². The Balaban J connectivity index is 2.01. The van der Waals surface area contributed by atoms with Gasteiger partial charge in [-0.15, -0.1) is 11.3 Å². The van der Waals surface area contributed by atoms with Crippen LogP contribution >= 0.6 is 34.5 Å². The van der Waals surface area contributed by atoms with Gasteiger partial charge in [0.05, 0.1) is 9.36 Å². The molecule has 2 rings (SSSR count). The molecule has 0 saturated carbocycles. The third kappa shape index (κ3) is 3.62. The van der Waals surface area contributed by atoms with E-state index in [1.165, 1.54) is 11.3 Å². The second-order valence-electron chi connectivity index (χ2n) is 3.79. The molecule has 0 spiro atoms. The molecule has 0 fully saturated rings. The average Bonchev–Trinajstić information content (AvgIpc) is 2.74. The molecule has 0 unspecified atom stereocenters. The molecule has 1 aromatic carbocycles. The van der Waals surface area contributed by atoms with Crippen molar-refractivity contribution < 1.29 is 4.74 Å². The molecule has 0 aliphatic rings. The van der Waals surface area contributed by atoms with Gasteiger partial charge in [0.1, 0.15) is 12.4 Å². The zero-order valence-corrected chi connectivity index (χ0v) is 12.2. The summed E-state index contributed by atoms with van der Waals surface area (Å²) in [7, 11) is 1.90. The van der Waals surface area contributed by atoms with E-state index in [2.05, 4.69) is 5.32 Å². The Morgan fingerprint density at radius 1 is 1.22 bits per heavy atom. The fourth-order valence-electron chi connectivity index (χ4n) is 1.55. The normalized spacial score (nSPS) is 10.6. The zero-order valence-electron chi connectivity index (χ0n) is 9.87. The molecule has 0 aliphatic heterocycles. The van der Waals surface area contributed by atoms with Crippen molar-refractivity contribution in [1.29, 1.82) is 0 Å². The van der Waals surface area contributed by atoms with E-state index >= 15 is 0 Å². The van der Waals surface area contributed by atoms with Crippen LogP contribution < -0.4 is 10.1 Å². The van der Waals surface area contributed by atoms with E-state index in [1.54, 1.807) is 0 Å². The molecule has 0 bridgehead atoms. The lowest BCUT2D eigenvalue weighted by Crippen LogP contribution is -2.05. The van der Waals surface area contributed by atoms with E-state index in [1.807, 2.05) is 37.4 Å². The lowest BCUT2D eigenvalue weighted by Gasteiger charge is -2.08. The van der Waals surface area contributed by atoms with Crippen molar-refractivity contribution in [3.63, 3.8) is 0 Å². The van der Waals surface area contributed by atoms with Crippen molar-refractivity contribution in [2.24, 2.45) is 0 Å². The van der Waals surface area contributed by atoms with E-state index in [4.69, 9.17) is 27.9 Å². The maximum Gasteiger partial charge on any atom is 0.138 e. The summed E-state index contributed by atoms with van der Waals surface area (Å²) in [6.45, 7) is 1.28. The summed E-state index contributed by atoms with van der Waals surface area (Å²) in [4.78, 5) is 1.08. The van der Waals surface area contributed by atoms with E-state index in [0.717, 1.165) is 21.3 Å². The lowest BCUT2D eigenvalue weighted by atomic mass is 10.2. The van der Waals surface area contributed by atoms with Gasteiger partial charge in [-0.05, 0) is 36.9 Å². The van der Waals surface area contributed by atoms with Crippen molar-refractivity contribution in [3.05, 3.63) is 50.1 Å². The largest absolute Gasteiger partial charge is 0.487 e. The summed E-state index contributed by atoms with van der Waals surface area (Å²) in [5, 5.41) is 3.71. The maximum atomic E-state index is 6.16. The van der Waals surface area contributed by atoms with Gasteiger partial charge >= 0.3 is 0 Å². The first kappa shape index (κ1) is 13.7. The molecule has 0 atom stereocenters. The minimum atomic E-state index is 0.489. The SMILES string of the molecule is CNCc1ccc(OCc2ccc(Cl)s2)c(Cl)c1. The molecule has 0 saturated heterocycles. The van der Waals surface area contributed by atoms with Crippen LogP contribution in [0, 0.1) is 0 Å². The second kappa shape index (κ2) is 6.43. The number of thiophene rings is 1. The van der Waals surface area contributed by atoms with Gasteiger partial charge < -0.3 is 10.1 Å². The Morgan fingerprint density at radius 2 is 2.06 bits per heavy atom. The summed E-state index contributed by atoms with van der Waals surface area (Å²) in [5.41, 5.74) is 1.13. The van der Waals surface area contributed by atoms with Crippen LogP contribution in [0.3, 0.4) is 0 Å². The number of hydrogen-bond acceptors (Lipinski definition) is 3. The van der Waals surface area contributed by atoms with Crippen molar-refractivity contribution in [2.45, 2.75) is 13.2 Å². The quantitative estimate of drug-likeness (QED) is 0.886. The highest BCUT2D eigenvalue weighted by Crippen LogP contribution is 2.28. The molecular weight excluding hydrogens is 289 g/mol. The summed E-state index contributed by atoms with van der Waals surface area (Å²) in [6, 6.07) is 9.62. The zero-order chi connectivity index (χ0) is 13.0. The molecule has 18 heavy (non-hydrogen) atoms. The smallest absolute Gasteiger partial charge is 0.138 e.